The Morgan fingerprint density at radius 3 is 3.05 bits per heavy atom. The normalized spacial score (nSPS) is 11.3. The van der Waals surface area contributed by atoms with Crippen LogP contribution in [0.2, 0.25) is 0 Å². The molecule has 20 heavy (non-hydrogen) atoms. The summed E-state index contributed by atoms with van der Waals surface area (Å²) >= 11 is 3.56. The van der Waals surface area contributed by atoms with Crippen LogP contribution < -0.4 is 5.32 Å². The molecule has 0 saturated carbocycles. The van der Waals surface area contributed by atoms with E-state index in [4.69, 9.17) is 5.11 Å². The Labute approximate surface area is 124 Å². The van der Waals surface area contributed by atoms with Crippen molar-refractivity contribution in [1.29, 1.82) is 0 Å². The number of hydrogen-bond acceptors (Lipinski definition) is 4. The molecule has 0 amide bonds. The number of aliphatic hydroxyl groups excluding tert-OH is 1. The molecule has 0 aliphatic rings. The van der Waals surface area contributed by atoms with Crippen molar-refractivity contribution in [3.05, 3.63) is 34.6 Å². The average Bonchev–Trinajstić information content (AvgIpc) is 2.91. The number of halogens is 1. The van der Waals surface area contributed by atoms with Crippen LogP contribution >= 0.6 is 15.9 Å². The summed E-state index contributed by atoms with van der Waals surface area (Å²) in [5.74, 6) is 0.748. The van der Waals surface area contributed by atoms with Gasteiger partial charge in [0.1, 0.15) is 0 Å². The number of rotatable bonds is 4. The van der Waals surface area contributed by atoms with Crippen molar-refractivity contribution in [2.75, 3.05) is 18.5 Å². The molecule has 0 spiro atoms. The quantitative estimate of drug-likeness (QED) is 0.720. The predicted octanol–water partition coefficient (Wildman–Crippen LogP) is 2.75. The summed E-state index contributed by atoms with van der Waals surface area (Å²) in [4.78, 5) is 9.01. The highest BCUT2D eigenvalue weighted by Gasteiger charge is 2.10. The summed E-state index contributed by atoms with van der Waals surface area (Å²) in [6.45, 7) is 2.88. The first-order chi connectivity index (χ1) is 9.70. The van der Waals surface area contributed by atoms with Gasteiger partial charge in [0.05, 0.1) is 11.0 Å². The van der Waals surface area contributed by atoms with Gasteiger partial charge in [0, 0.05) is 30.0 Å². The molecule has 6 heteroatoms. The molecule has 2 N–H and O–H groups in total. The molecule has 0 fully saturated rings. The second-order valence-electron chi connectivity index (χ2n) is 4.68. The van der Waals surface area contributed by atoms with Crippen LogP contribution in [0.5, 0.6) is 0 Å². The van der Waals surface area contributed by atoms with E-state index in [1.807, 2.05) is 17.5 Å². The Balaban J connectivity index is 2.18. The molecule has 2 heterocycles. The van der Waals surface area contributed by atoms with Crippen molar-refractivity contribution in [1.82, 2.24) is 14.4 Å². The number of nitrogens with zero attached hydrogens (tertiary/aromatic N) is 3. The molecule has 0 saturated heterocycles. The first kappa shape index (κ1) is 13.3. The number of aliphatic hydroxyl groups is 1. The zero-order valence-electron chi connectivity index (χ0n) is 11.1. The average molecular weight is 335 g/mol. The van der Waals surface area contributed by atoms with Crippen molar-refractivity contribution in [2.45, 2.75) is 13.3 Å². The number of imidazole rings is 1. The van der Waals surface area contributed by atoms with Crippen LogP contribution in [0.25, 0.3) is 16.7 Å². The summed E-state index contributed by atoms with van der Waals surface area (Å²) in [6.07, 6.45) is 4.38. The first-order valence-electron chi connectivity index (χ1n) is 6.48. The van der Waals surface area contributed by atoms with Crippen molar-refractivity contribution >= 4 is 38.4 Å². The van der Waals surface area contributed by atoms with Gasteiger partial charge in [0.2, 0.25) is 0 Å². The van der Waals surface area contributed by atoms with Gasteiger partial charge >= 0.3 is 0 Å². The highest BCUT2D eigenvalue weighted by Crippen LogP contribution is 2.26. The second kappa shape index (κ2) is 5.38. The Hall–Kier alpha value is -1.66. The van der Waals surface area contributed by atoms with Crippen LogP contribution in [0, 0.1) is 6.92 Å². The summed E-state index contributed by atoms with van der Waals surface area (Å²) < 4.78 is 3.08. The van der Waals surface area contributed by atoms with Crippen LogP contribution in [-0.4, -0.2) is 32.6 Å². The van der Waals surface area contributed by atoms with Crippen LogP contribution in [0.1, 0.15) is 12.0 Å². The number of anilines is 1. The topological polar surface area (TPSA) is 62.5 Å². The molecule has 0 bridgehead atoms. The summed E-state index contributed by atoms with van der Waals surface area (Å²) in [5.41, 5.74) is 3.88. The smallest absolute Gasteiger partial charge is 0.180 e. The standard InChI is InChI=1S/C14H15BrN4O/c1-9-7-11-12(8-10(9)15)19-5-4-17-14(19)13(18-11)16-3-2-6-20/h4-5,7-8,20H,2-3,6H2,1H3,(H,16,18). The molecule has 0 atom stereocenters. The van der Waals surface area contributed by atoms with Gasteiger partial charge in [-0.25, -0.2) is 9.97 Å². The van der Waals surface area contributed by atoms with Crippen molar-refractivity contribution in [3.63, 3.8) is 0 Å². The van der Waals surface area contributed by atoms with Crippen LogP contribution in [0.4, 0.5) is 5.82 Å². The number of hydrogen-bond donors (Lipinski definition) is 2. The van der Waals surface area contributed by atoms with E-state index in [2.05, 4.69) is 43.3 Å². The van der Waals surface area contributed by atoms with E-state index in [1.165, 1.54) is 0 Å². The number of fused-ring (bicyclic) bond motifs is 3. The van der Waals surface area contributed by atoms with Gasteiger partial charge in [-0.1, -0.05) is 15.9 Å². The fourth-order valence-electron chi connectivity index (χ4n) is 2.19. The molecule has 0 aliphatic carbocycles. The minimum absolute atomic E-state index is 0.164. The first-order valence-corrected chi connectivity index (χ1v) is 7.27. The van der Waals surface area contributed by atoms with Gasteiger partial charge in [-0.15, -0.1) is 0 Å². The number of nitrogens with one attached hydrogen (secondary N) is 1. The Kier molecular flexibility index (Phi) is 3.58. The van der Waals surface area contributed by atoms with Crippen molar-refractivity contribution in [2.24, 2.45) is 0 Å². The van der Waals surface area contributed by atoms with E-state index in [0.29, 0.717) is 13.0 Å². The van der Waals surface area contributed by atoms with E-state index >= 15 is 0 Å². The minimum atomic E-state index is 0.164. The molecule has 2 aromatic heterocycles. The third-order valence-corrected chi connectivity index (χ3v) is 4.08. The maximum absolute atomic E-state index is 8.87. The van der Waals surface area contributed by atoms with Crippen molar-refractivity contribution in [3.8, 4) is 0 Å². The fraction of sp³-hybridized carbons (Fsp3) is 0.286. The lowest BCUT2D eigenvalue weighted by Gasteiger charge is -2.10. The van der Waals surface area contributed by atoms with Gasteiger partial charge in [-0.05, 0) is 31.0 Å². The number of aromatic nitrogens is 3. The largest absolute Gasteiger partial charge is 0.396 e. The molecular weight excluding hydrogens is 320 g/mol. The predicted molar refractivity (Wildman–Crippen MR) is 83.1 cm³/mol. The molecular formula is C14H15BrN4O. The zero-order valence-corrected chi connectivity index (χ0v) is 12.7. The lowest BCUT2D eigenvalue weighted by molar-refractivity contribution is 0.292. The summed E-state index contributed by atoms with van der Waals surface area (Å²) in [6, 6.07) is 4.11. The van der Waals surface area contributed by atoms with E-state index in [9.17, 15) is 0 Å². The number of aryl methyl sites for hydroxylation is 1. The maximum Gasteiger partial charge on any atom is 0.180 e. The van der Waals surface area contributed by atoms with Gasteiger partial charge < -0.3 is 10.4 Å². The highest BCUT2D eigenvalue weighted by molar-refractivity contribution is 9.10. The van der Waals surface area contributed by atoms with E-state index in [0.717, 1.165) is 32.5 Å². The van der Waals surface area contributed by atoms with Crippen LogP contribution in [0.3, 0.4) is 0 Å². The fourth-order valence-corrected chi connectivity index (χ4v) is 2.52. The van der Waals surface area contributed by atoms with E-state index in [-0.39, 0.29) is 6.61 Å². The second-order valence-corrected chi connectivity index (χ2v) is 5.53. The lowest BCUT2D eigenvalue weighted by atomic mass is 10.2. The summed E-state index contributed by atoms with van der Waals surface area (Å²) in [5, 5.41) is 12.1. The molecule has 3 aromatic rings. The highest BCUT2D eigenvalue weighted by atomic mass is 79.9. The van der Waals surface area contributed by atoms with Crippen LogP contribution in [-0.2, 0) is 0 Å². The van der Waals surface area contributed by atoms with Gasteiger partial charge in [0.25, 0.3) is 0 Å². The van der Waals surface area contributed by atoms with Crippen molar-refractivity contribution < 1.29 is 5.11 Å². The van der Waals surface area contributed by atoms with Gasteiger partial charge in [-0.2, -0.15) is 0 Å². The molecule has 0 aliphatic heterocycles. The maximum atomic E-state index is 8.87. The van der Waals surface area contributed by atoms with E-state index < -0.39 is 0 Å². The molecule has 0 radical (unpaired) electrons. The zero-order chi connectivity index (χ0) is 14.1. The van der Waals surface area contributed by atoms with Gasteiger partial charge in [-0.3, -0.25) is 4.40 Å². The molecule has 3 rings (SSSR count). The lowest BCUT2D eigenvalue weighted by Crippen LogP contribution is -2.07. The van der Waals surface area contributed by atoms with Gasteiger partial charge in [0.15, 0.2) is 11.5 Å². The third kappa shape index (κ3) is 2.25. The SMILES string of the molecule is Cc1cc2nc(NCCCO)c3nccn3c2cc1Br. The summed E-state index contributed by atoms with van der Waals surface area (Å²) in [7, 11) is 0. The molecule has 0 unspecified atom stereocenters. The molecule has 5 nitrogen and oxygen atoms in total. The Bertz CT molecular complexity index is 769. The third-order valence-electron chi connectivity index (χ3n) is 3.23. The Morgan fingerprint density at radius 1 is 1.40 bits per heavy atom. The molecule has 104 valence electrons. The van der Waals surface area contributed by atoms with E-state index in [1.54, 1.807) is 6.20 Å². The monoisotopic (exact) mass is 334 g/mol. The number of benzene rings is 1. The minimum Gasteiger partial charge on any atom is -0.396 e. The molecule has 1 aromatic carbocycles. The van der Waals surface area contributed by atoms with Crippen LogP contribution in [0.15, 0.2) is 29.0 Å². The Morgan fingerprint density at radius 2 is 2.25 bits per heavy atom.